The maximum atomic E-state index is 12.8. The molecule has 0 radical (unpaired) electrons. The molecule has 1 unspecified atom stereocenters. The van der Waals surface area contributed by atoms with Crippen molar-refractivity contribution in [2.75, 3.05) is 19.0 Å². The van der Waals surface area contributed by atoms with Crippen LogP contribution in [-0.4, -0.2) is 13.7 Å². The molecule has 2 rings (SSSR count). The van der Waals surface area contributed by atoms with E-state index in [-0.39, 0.29) is 11.9 Å². The van der Waals surface area contributed by atoms with Crippen LogP contribution in [0.4, 0.5) is 10.1 Å². The van der Waals surface area contributed by atoms with Crippen LogP contribution in [0.3, 0.4) is 0 Å². The molecule has 0 aliphatic heterocycles. The van der Waals surface area contributed by atoms with Crippen molar-refractivity contribution < 1.29 is 9.13 Å². The summed E-state index contributed by atoms with van der Waals surface area (Å²) in [5.41, 5.74) is 2.02. The zero-order valence-corrected chi connectivity index (χ0v) is 10.3. The third-order valence-electron chi connectivity index (χ3n) is 2.72. The number of anilines is 1. The highest BCUT2D eigenvalue weighted by Gasteiger charge is 2.10. The van der Waals surface area contributed by atoms with E-state index in [0.717, 1.165) is 11.3 Å². The third-order valence-corrected chi connectivity index (χ3v) is 2.72. The topological polar surface area (TPSA) is 21.3 Å². The van der Waals surface area contributed by atoms with E-state index in [4.69, 9.17) is 4.74 Å². The summed E-state index contributed by atoms with van der Waals surface area (Å²) >= 11 is 0. The lowest BCUT2D eigenvalue weighted by Crippen LogP contribution is -2.16. The summed E-state index contributed by atoms with van der Waals surface area (Å²) in [6.07, 6.45) is 0. The molecular weight excluding hydrogens is 229 g/mol. The van der Waals surface area contributed by atoms with Gasteiger partial charge in [0.1, 0.15) is 5.82 Å². The zero-order valence-electron chi connectivity index (χ0n) is 10.3. The average Bonchev–Trinajstić information content (AvgIpc) is 2.42. The summed E-state index contributed by atoms with van der Waals surface area (Å²) in [6, 6.07) is 16.4. The maximum Gasteiger partial charge on any atom is 0.123 e. The van der Waals surface area contributed by atoms with Gasteiger partial charge in [0.15, 0.2) is 0 Å². The van der Waals surface area contributed by atoms with Gasteiger partial charge < -0.3 is 10.1 Å². The average molecular weight is 245 g/mol. The molecule has 0 saturated heterocycles. The standard InChI is InChI=1S/C15H16FNO/c1-18-11-15(12-5-3-2-4-6-12)17-14-9-7-13(16)8-10-14/h2-10,15,17H,11H2,1H3. The molecule has 0 bridgehead atoms. The second-order valence-corrected chi connectivity index (χ2v) is 4.07. The van der Waals surface area contributed by atoms with Crippen LogP contribution in [0, 0.1) is 5.82 Å². The first-order valence-electron chi connectivity index (χ1n) is 5.85. The highest BCUT2D eigenvalue weighted by Crippen LogP contribution is 2.20. The monoisotopic (exact) mass is 245 g/mol. The van der Waals surface area contributed by atoms with Crippen LogP contribution in [0.5, 0.6) is 0 Å². The molecule has 0 aliphatic carbocycles. The highest BCUT2D eigenvalue weighted by molar-refractivity contribution is 5.45. The van der Waals surface area contributed by atoms with Gasteiger partial charge in [-0.15, -0.1) is 0 Å². The second kappa shape index (κ2) is 6.17. The quantitative estimate of drug-likeness (QED) is 0.868. The van der Waals surface area contributed by atoms with Crippen LogP contribution < -0.4 is 5.32 Å². The Kier molecular flexibility index (Phi) is 4.31. The summed E-state index contributed by atoms with van der Waals surface area (Å²) < 4.78 is 18.1. The molecular formula is C15H16FNO. The van der Waals surface area contributed by atoms with Crippen molar-refractivity contribution in [3.63, 3.8) is 0 Å². The smallest absolute Gasteiger partial charge is 0.123 e. The lowest BCUT2D eigenvalue weighted by molar-refractivity contribution is 0.186. The number of methoxy groups -OCH3 is 1. The molecule has 0 aliphatic rings. The van der Waals surface area contributed by atoms with Crippen LogP contribution in [0.2, 0.25) is 0 Å². The predicted molar refractivity (Wildman–Crippen MR) is 71.1 cm³/mol. The fourth-order valence-corrected chi connectivity index (χ4v) is 1.82. The van der Waals surface area contributed by atoms with E-state index in [2.05, 4.69) is 5.32 Å². The molecule has 94 valence electrons. The molecule has 0 saturated carbocycles. The van der Waals surface area contributed by atoms with Crippen LogP contribution in [0.15, 0.2) is 54.6 Å². The lowest BCUT2D eigenvalue weighted by Gasteiger charge is -2.19. The Hall–Kier alpha value is -1.87. The number of rotatable bonds is 5. The minimum Gasteiger partial charge on any atom is -0.382 e. The van der Waals surface area contributed by atoms with Crippen molar-refractivity contribution in [2.24, 2.45) is 0 Å². The van der Waals surface area contributed by atoms with Gasteiger partial charge in [-0.1, -0.05) is 30.3 Å². The number of nitrogens with one attached hydrogen (secondary N) is 1. The Morgan fingerprint density at radius 1 is 1.06 bits per heavy atom. The highest BCUT2D eigenvalue weighted by atomic mass is 19.1. The summed E-state index contributed by atoms with van der Waals surface area (Å²) in [5, 5.41) is 3.33. The van der Waals surface area contributed by atoms with Gasteiger partial charge in [-0.2, -0.15) is 0 Å². The van der Waals surface area contributed by atoms with Gasteiger partial charge in [0.2, 0.25) is 0 Å². The number of hydrogen-bond donors (Lipinski definition) is 1. The molecule has 18 heavy (non-hydrogen) atoms. The van der Waals surface area contributed by atoms with E-state index in [1.807, 2.05) is 30.3 Å². The number of hydrogen-bond acceptors (Lipinski definition) is 2. The SMILES string of the molecule is COCC(Nc1ccc(F)cc1)c1ccccc1. The van der Waals surface area contributed by atoms with Crippen molar-refractivity contribution in [3.05, 3.63) is 66.0 Å². The van der Waals surface area contributed by atoms with Crippen LogP contribution in [-0.2, 0) is 4.74 Å². The van der Waals surface area contributed by atoms with E-state index in [1.165, 1.54) is 12.1 Å². The summed E-state index contributed by atoms with van der Waals surface area (Å²) in [5.74, 6) is -0.233. The molecule has 0 heterocycles. The van der Waals surface area contributed by atoms with Crippen molar-refractivity contribution in [3.8, 4) is 0 Å². The molecule has 1 atom stereocenters. The first kappa shape index (κ1) is 12.6. The zero-order chi connectivity index (χ0) is 12.8. The third kappa shape index (κ3) is 3.31. The van der Waals surface area contributed by atoms with Crippen molar-refractivity contribution >= 4 is 5.69 Å². The van der Waals surface area contributed by atoms with Gasteiger partial charge in [0, 0.05) is 12.8 Å². The molecule has 1 N–H and O–H groups in total. The molecule has 2 nitrogen and oxygen atoms in total. The molecule has 0 spiro atoms. The fraction of sp³-hybridized carbons (Fsp3) is 0.200. The normalized spacial score (nSPS) is 12.1. The molecule has 3 heteroatoms. The van der Waals surface area contributed by atoms with Crippen molar-refractivity contribution in [2.45, 2.75) is 6.04 Å². The first-order valence-corrected chi connectivity index (χ1v) is 5.85. The molecule has 2 aromatic carbocycles. The second-order valence-electron chi connectivity index (χ2n) is 4.07. The van der Waals surface area contributed by atoms with E-state index in [0.29, 0.717) is 6.61 Å². The first-order chi connectivity index (χ1) is 8.79. The largest absolute Gasteiger partial charge is 0.382 e. The Labute approximate surface area is 106 Å². The predicted octanol–water partition coefficient (Wildman–Crippen LogP) is 3.63. The summed E-state index contributed by atoms with van der Waals surface area (Å²) in [6.45, 7) is 0.557. The van der Waals surface area contributed by atoms with E-state index in [9.17, 15) is 4.39 Å². The van der Waals surface area contributed by atoms with Gasteiger partial charge in [-0.25, -0.2) is 4.39 Å². The Bertz CT molecular complexity index is 470. The van der Waals surface area contributed by atoms with Gasteiger partial charge in [-0.05, 0) is 29.8 Å². The summed E-state index contributed by atoms with van der Waals surface area (Å²) in [4.78, 5) is 0. The number of ether oxygens (including phenoxy) is 1. The number of benzene rings is 2. The van der Waals surface area contributed by atoms with Crippen molar-refractivity contribution in [1.82, 2.24) is 0 Å². The Balaban J connectivity index is 2.14. The number of halogens is 1. The Morgan fingerprint density at radius 3 is 2.33 bits per heavy atom. The van der Waals surface area contributed by atoms with Gasteiger partial charge in [-0.3, -0.25) is 0 Å². The van der Waals surface area contributed by atoms with E-state index >= 15 is 0 Å². The van der Waals surface area contributed by atoms with Crippen LogP contribution in [0.1, 0.15) is 11.6 Å². The molecule has 0 amide bonds. The fourth-order valence-electron chi connectivity index (χ4n) is 1.82. The minimum absolute atomic E-state index is 0.0571. The van der Waals surface area contributed by atoms with Gasteiger partial charge in [0.25, 0.3) is 0 Å². The maximum absolute atomic E-state index is 12.8. The minimum atomic E-state index is -0.233. The van der Waals surface area contributed by atoms with Crippen molar-refractivity contribution in [1.29, 1.82) is 0 Å². The van der Waals surface area contributed by atoms with Gasteiger partial charge >= 0.3 is 0 Å². The van der Waals surface area contributed by atoms with E-state index in [1.54, 1.807) is 19.2 Å². The molecule has 0 aromatic heterocycles. The summed E-state index contributed by atoms with van der Waals surface area (Å²) in [7, 11) is 1.67. The Morgan fingerprint density at radius 2 is 1.72 bits per heavy atom. The molecule has 2 aromatic rings. The van der Waals surface area contributed by atoms with Crippen LogP contribution in [0.25, 0.3) is 0 Å². The molecule has 0 fully saturated rings. The van der Waals surface area contributed by atoms with Crippen LogP contribution >= 0.6 is 0 Å². The van der Waals surface area contributed by atoms with Gasteiger partial charge in [0.05, 0.1) is 12.6 Å². The van der Waals surface area contributed by atoms with E-state index < -0.39 is 0 Å². The lowest BCUT2D eigenvalue weighted by atomic mass is 10.1.